The van der Waals surface area contributed by atoms with E-state index in [1.54, 1.807) is 6.07 Å². The average molecular weight is 623 g/mol. The second-order valence-electron chi connectivity index (χ2n) is 11.5. The molecule has 3 N–H and O–H groups in total. The molecule has 0 spiro atoms. The first-order valence-corrected chi connectivity index (χ1v) is 15.7. The molecule has 0 unspecified atom stereocenters. The lowest BCUT2D eigenvalue weighted by Gasteiger charge is -2.18. The number of para-hydroxylation sites is 2. The van der Waals surface area contributed by atoms with Crippen LogP contribution < -0.4 is 5.32 Å². The molecule has 1 atom stereocenters. The molecule has 0 saturated heterocycles. The number of fused-ring (bicyclic) bond motifs is 4. The summed E-state index contributed by atoms with van der Waals surface area (Å²) in [5, 5.41) is 6.41. The molecule has 0 aliphatic heterocycles. The second kappa shape index (κ2) is 13.7. The number of ether oxygens (including phenoxy) is 2. The zero-order valence-corrected chi connectivity index (χ0v) is 25.7. The summed E-state index contributed by atoms with van der Waals surface area (Å²) in [7, 11) is 0. The van der Waals surface area contributed by atoms with Crippen LogP contribution >= 0.6 is 0 Å². The highest BCUT2D eigenvalue weighted by molar-refractivity contribution is 6.09. The van der Waals surface area contributed by atoms with E-state index in [1.165, 1.54) is 0 Å². The fraction of sp³-hybridized carbons (Fsp3) is 0.154. The molecule has 3 heterocycles. The normalized spacial score (nSPS) is 12.0. The molecule has 0 saturated carbocycles. The van der Waals surface area contributed by atoms with Gasteiger partial charge in [0.15, 0.2) is 0 Å². The van der Waals surface area contributed by atoms with Crippen LogP contribution in [0, 0.1) is 0 Å². The lowest BCUT2D eigenvalue weighted by molar-refractivity contribution is -0.147. The van der Waals surface area contributed by atoms with E-state index in [-0.39, 0.29) is 24.9 Å². The zero-order chi connectivity index (χ0) is 32.0. The minimum Gasteiger partial charge on any atom is -0.460 e. The SMILES string of the molecule is O=C(OCc1ccccc1)c1cc2c([nH]c3ccccc32)c(CCN[C@@H](Cc2c[nH]c3ccccc23)C(=O)OCc2ccccc2)n1. The van der Waals surface area contributed by atoms with Crippen molar-refractivity contribution in [1.82, 2.24) is 20.3 Å². The minimum atomic E-state index is -0.602. The van der Waals surface area contributed by atoms with Crippen molar-refractivity contribution in [2.24, 2.45) is 0 Å². The molecule has 8 heteroatoms. The Morgan fingerprint density at radius 3 is 2.11 bits per heavy atom. The number of carbonyl (C=O) groups is 2. The number of esters is 2. The number of aromatic nitrogens is 3. The van der Waals surface area contributed by atoms with Crippen molar-refractivity contribution in [2.45, 2.75) is 32.1 Å². The maximum Gasteiger partial charge on any atom is 0.357 e. The third-order valence-corrected chi connectivity index (χ3v) is 8.35. The summed E-state index contributed by atoms with van der Waals surface area (Å²) < 4.78 is 11.4. The summed E-state index contributed by atoms with van der Waals surface area (Å²) in [6.07, 6.45) is 2.85. The Hall–Kier alpha value is -5.73. The number of carbonyl (C=O) groups excluding carboxylic acids is 2. The van der Waals surface area contributed by atoms with Gasteiger partial charge in [-0.3, -0.25) is 4.79 Å². The van der Waals surface area contributed by atoms with E-state index < -0.39 is 12.0 Å². The number of pyridine rings is 1. The number of H-pyrrole nitrogens is 2. The largest absolute Gasteiger partial charge is 0.460 e. The molecule has 234 valence electrons. The second-order valence-corrected chi connectivity index (χ2v) is 11.5. The number of rotatable bonds is 12. The number of nitrogens with one attached hydrogen (secondary N) is 3. The van der Waals surface area contributed by atoms with Crippen molar-refractivity contribution in [3.05, 3.63) is 150 Å². The molecule has 3 aromatic heterocycles. The maximum atomic E-state index is 13.5. The summed E-state index contributed by atoms with van der Waals surface area (Å²) in [5.74, 6) is -0.821. The number of hydrogen-bond acceptors (Lipinski definition) is 6. The van der Waals surface area contributed by atoms with Crippen LogP contribution in [0.5, 0.6) is 0 Å². The van der Waals surface area contributed by atoms with Crippen LogP contribution in [0.3, 0.4) is 0 Å². The van der Waals surface area contributed by atoms with Crippen molar-refractivity contribution in [3.63, 3.8) is 0 Å². The summed E-state index contributed by atoms with van der Waals surface area (Å²) in [6.45, 7) is 0.772. The minimum absolute atomic E-state index is 0.158. The van der Waals surface area contributed by atoms with Crippen molar-refractivity contribution < 1.29 is 19.1 Å². The molecule has 8 nitrogen and oxygen atoms in total. The Labute approximate surface area is 271 Å². The van der Waals surface area contributed by atoms with Gasteiger partial charge < -0.3 is 24.8 Å². The fourth-order valence-corrected chi connectivity index (χ4v) is 5.95. The van der Waals surface area contributed by atoms with Gasteiger partial charge in [-0.1, -0.05) is 97.1 Å². The van der Waals surface area contributed by atoms with Gasteiger partial charge in [0, 0.05) is 52.8 Å². The number of hydrogen-bond donors (Lipinski definition) is 3. The van der Waals surface area contributed by atoms with Crippen LogP contribution in [-0.4, -0.2) is 39.5 Å². The fourth-order valence-electron chi connectivity index (χ4n) is 5.95. The molecular formula is C39H34N4O4. The molecule has 0 aliphatic carbocycles. The highest BCUT2D eigenvalue weighted by Crippen LogP contribution is 2.28. The van der Waals surface area contributed by atoms with E-state index in [4.69, 9.17) is 14.5 Å². The van der Waals surface area contributed by atoms with Crippen molar-refractivity contribution in [3.8, 4) is 0 Å². The van der Waals surface area contributed by atoms with E-state index >= 15 is 0 Å². The van der Waals surface area contributed by atoms with Crippen molar-refractivity contribution in [1.29, 1.82) is 0 Å². The van der Waals surface area contributed by atoms with Crippen molar-refractivity contribution in [2.75, 3.05) is 6.54 Å². The van der Waals surface area contributed by atoms with Crippen molar-refractivity contribution >= 4 is 44.6 Å². The molecule has 0 fully saturated rings. The first kappa shape index (κ1) is 30.0. The van der Waals surface area contributed by atoms with Gasteiger partial charge in [-0.15, -0.1) is 0 Å². The van der Waals surface area contributed by atoms with E-state index in [0.717, 1.165) is 49.4 Å². The molecule has 0 radical (unpaired) electrons. The smallest absolute Gasteiger partial charge is 0.357 e. The number of aromatic amines is 2. The first-order chi connectivity index (χ1) is 23.1. The molecule has 7 rings (SSSR count). The van der Waals surface area contributed by atoms with Crippen LogP contribution in [0.2, 0.25) is 0 Å². The van der Waals surface area contributed by atoms with E-state index in [1.807, 2.05) is 115 Å². The standard InChI is InChI=1S/C39H34N4O4/c44-38(46-24-26-11-3-1-4-12-26)35(21-28-23-41-32-17-9-7-15-29(28)32)40-20-19-34-37-31(30-16-8-10-18-33(30)43-37)22-36(42-34)39(45)47-25-27-13-5-2-6-14-27/h1-18,22-23,35,40-41,43H,19-21,24-25H2/t35-/m0/s1. The number of benzene rings is 4. The Bertz CT molecular complexity index is 2150. The van der Waals surface area contributed by atoms with Crippen LogP contribution in [0.4, 0.5) is 0 Å². The summed E-state index contributed by atoms with van der Waals surface area (Å²) in [6, 6.07) is 36.4. The molecule has 47 heavy (non-hydrogen) atoms. The Kier molecular flexibility index (Phi) is 8.75. The van der Waals surface area contributed by atoms with Gasteiger partial charge in [0.2, 0.25) is 0 Å². The Morgan fingerprint density at radius 2 is 1.36 bits per heavy atom. The summed E-state index contributed by atoms with van der Waals surface area (Å²) in [5.41, 5.74) is 6.62. The highest BCUT2D eigenvalue weighted by Gasteiger charge is 2.23. The molecule has 7 aromatic rings. The first-order valence-electron chi connectivity index (χ1n) is 15.7. The van der Waals surface area contributed by atoms with Gasteiger partial charge >= 0.3 is 11.9 Å². The van der Waals surface area contributed by atoms with Crippen LogP contribution in [0.1, 0.15) is 32.9 Å². The summed E-state index contributed by atoms with van der Waals surface area (Å²) in [4.78, 5) is 38.3. The summed E-state index contributed by atoms with van der Waals surface area (Å²) >= 11 is 0. The monoisotopic (exact) mass is 622 g/mol. The molecular weight excluding hydrogens is 588 g/mol. The molecule has 0 bridgehead atoms. The maximum absolute atomic E-state index is 13.5. The zero-order valence-electron chi connectivity index (χ0n) is 25.7. The van der Waals surface area contributed by atoms with Crippen LogP contribution in [0.25, 0.3) is 32.7 Å². The van der Waals surface area contributed by atoms with Gasteiger partial charge in [0.25, 0.3) is 0 Å². The quantitative estimate of drug-likeness (QED) is 0.126. The molecule has 0 amide bonds. The average Bonchev–Trinajstić information content (AvgIpc) is 3.71. The van der Waals surface area contributed by atoms with Gasteiger partial charge in [-0.05, 0) is 34.9 Å². The van der Waals surface area contributed by atoms with Gasteiger partial charge in [0.05, 0.1) is 11.2 Å². The predicted molar refractivity (Wildman–Crippen MR) is 183 cm³/mol. The van der Waals surface area contributed by atoms with Gasteiger partial charge in [0.1, 0.15) is 24.9 Å². The molecule has 0 aliphatic rings. The Morgan fingerprint density at radius 1 is 0.723 bits per heavy atom. The van der Waals surface area contributed by atoms with Gasteiger partial charge in [-0.25, -0.2) is 9.78 Å². The molecule has 4 aromatic carbocycles. The lowest BCUT2D eigenvalue weighted by Crippen LogP contribution is -2.41. The number of nitrogens with zero attached hydrogens (tertiary/aromatic N) is 1. The van der Waals surface area contributed by atoms with Gasteiger partial charge in [-0.2, -0.15) is 0 Å². The van der Waals surface area contributed by atoms with E-state index in [2.05, 4.69) is 15.3 Å². The topological polar surface area (TPSA) is 109 Å². The van der Waals surface area contributed by atoms with Crippen LogP contribution in [0.15, 0.2) is 121 Å². The lowest BCUT2D eigenvalue weighted by atomic mass is 10.0. The van der Waals surface area contributed by atoms with E-state index in [0.29, 0.717) is 25.1 Å². The predicted octanol–water partition coefficient (Wildman–Crippen LogP) is 7.04. The van der Waals surface area contributed by atoms with Crippen LogP contribution in [-0.2, 0) is 40.3 Å². The Balaban J connectivity index is 1.13. The third-order valence-electron chi connectivity index (χ3n) is 8.35. The van der Waals surface area contributed by atoms with E-state index in [9.17, 15) is 9.59 Å². The third kappa shape index (κ3) is 6.78. The highest BCUT2D eigenvalue weighted by atomic mass is 16.5.